The van der Waals surface area contributed by atoms with Gasteiger partial charge in [-0.25, -0.2) is 12.8 Å². The van der Waals surface area contributed by atoms with Gasteiger partial charge in [0, 0.05) is 31.7 Å². The molecular weight excluding hydrogens is 425 g/mol. The van der Waals surface area contributed by atoms with E-state index >= 15 is 0 Å². The Morgan fingerprint density at radius 3 is 2.32 bits per heavy atom. The minimum atomic E-state index is -3.86. The summed E-state index contributed by atoms with van der Waals surface area (Å²) in [5.74, 6) is -1.22. The summed E-state index contributed by atoms with van der Waals surface area (Å²) in [7, 11) is -3.86. The van der Waals surface area contributed by atoms with Crippen molar-refractivity contribution in [2.75, 3.05) is 32.7 Å². The molecule has 8 nitrogen and oxygen atoms in total. The predicted octanol–water partition coefficient (Wildman–Crippen LogP) is 0.856. The van der Waals surface area contributed by atoms with Crippen molar-refractivity contribution in [1.29, 1.82) is 0 Å². The van der Waals surface area contributed by atoms with Crippen LogP contribution in [-0.4, -0.2) is 74.4 Å². The summed E-state index contributed by atoms with van der Waals surface area (Å²) in [6.07, 6.45) is -0.991. The van der Waals surface area contributed by atoms with Crippen molar-refractivity contribution in [3.05, 3.63) is 66.0 Å². The number of fused-ring (bicyclic) bond motifs is 2. The number of amides is 2. The molecule has 2 bridgehead atoms. The lowest BCUT2D eigenvalue weighted by Crippen LogP contribution is -2.62. The number of nitrogens with zero attached hydrogens (tertiary/aromatic N) is 2. The first-order valence-corrected chi connectivity index (χ1v) is 11.3. The molecule has 0 spiro atoms. The monoisotopic (exact) mass is 447 g/mol. The molecule has 2 fully saturated rings. The van der Waals surface area contributed by atoms with E-state index in [9.17, 15) is 22.4 Å². The number of morpholine rings is 2. The maximum Gasteiger partial charge on any atom is 0.251 e. The first-order valence-electron chi connectivity index (χ1n) is 9.85. The fraction of sp³-hybridized carbons (Fsp3) is 0.333. The molecule has 2 aromatic rings. The van der Waals surface area contributed by atoms with Crippen LogP contribution >= 0.6 is 0 Å². The molecule has 2 aliphatic heterocycles. The van der Waals surface area contributed by atoms with E-state index in [-0.39, 0.29) is 49.4 Å². The summed E-state index contributed by atoms with van der Waals surface area (Å²) in [6, 6.07) is 13.5. The minimum Gasteiger partial charge on any atom is -0.369 e. The topological polar surface area (TPSA) is 96.0 Å². The maximum absolute atomic E-state index is 13.5. The maximum atomic E-state index is 13.5. The standard InChI is InChI=1S/C21H22FN3O5S/c22-16-7-4-8-19(9-16)31(28,29)25-13-17-11-24(12-18(14-25)30-17)20(26)10-23-21(27)15-5-2-1-3-6-15/h1-9,17-18H,10-14H2,(H,23,27)/t17-,18+. The van der Waals surface area contributed by atoms with E-state index in [1.165, 1.54) is 22.5 Å². The van der Waals surface area contributed by atoms with Gasteiger partial charge in [0.2, 0.25) is 15.9 Å². The number of halogens is 1. The van der Waals surface area contributed by atoms with E-state index in [2.05, 4.69) is 5.32 Å². The zero-order valence-electron chi connectivity index (χ0n) is 16.6. The van der Waals surface area contributed by atoms with E-state index in [4.69, 9.17) is 4.74 Å². The summed E-state index contributed by atoms with van der Waals surface area (Å²) < 4.78 is 46.3. The highest BCUT2D eigenvalue weighted by molar-refractivity contribution is 7.89. The average molecular weight is 447 g/mol. The second-order valence-corrected chi connectivity index (χ2v) is 9.44. The number of benzene rings is 2. The number of rotatable bonds is 5. The van der Waals surface area contributed by atoms with Crippen LogP contribution in [0.25, 0.3) is 0 Å². The number of hydrogen-bond donors (Lipinski definition) is 1. The van der Waals surface area contributed by atoms with Crippen molar-refractivity contribution in [3.8, 4) is 0 Å². The van der Waals surface area contributed by atoms with Gasteiger partial charge >= 0.3 is 0 Å². The molecule has 31 heavy (non-hydrogen) atoms. The van der Waals surface area contributed by atoms with Crippen LogP contribution in [-0.2, 0) is 19.6 Å². The molecule has 2 amide bonds. The van der Waals surface area contributed by atoms with E-state index in [0.29, 0.717) is 5.56 Å². The summed E-state index contributed by atoms with van der Waals surface area (Å²) in [5.41, 5.74) is 0.465. The molecule has 10 heteroatoms. The molecule has 0 saturated carbocycles. The highest BCUT2D eigenvalue weighted by Crippen LogP contribution is 2.25. The van der Waals surface area contributed by atoms with E-state index in [1.54, 1.807) is 35.2 Å². The van der Waals surface area contributed by atoms with Crippen molar-refractivity contribution in [2.24, 2.45) is 0 Å². The third-order valence-electron chi connectivity index (χ3n) is 5.27. The van der Waals surface area contributed by atoms with Gasteiger partial charge in [-0.3, -0.25) is 9.59 Å². The smallest absolute Gasteiger partial charge is 0.251 e. The lowest BCUT2D eigenvalue weighted by molar-refractivity contribution is -0.153. The molecule has 2 aliphatic rings. The Labute approximate surface area is 179 Å². The number of ether oxygens (including phenoxy) is 1. The summed E-state index contributed by atoms with van der Waals surface area (Å²) >= 11 is 0. The van der Waals surface area contributed by atoms with Gasteiger partial charge in [-0.1, -0.05) is 24.3 Å². The second kappa shape index (κ2) is 8.74. The van der Waals surface area contributed by atoms with Crippen molar-refractivity contribution in [2.45, 2.75) is 17.1 Å². The van der Waals surface area contributed by atoms with Gasteiger partial charge in [-0.05, 0) is 30.3 Å². The van der Waals surface area contributed by atoms with Gasteiger partial charge in [0.25, 0.3) is 5.91 Å². The van der Waals surface area contributed by atoms with Crippen molar-refractivity contribution in [3.63, 3.8) is 0 Å². The third-order valence-corrected chi connectivity index (χ3v) is 7.10. The predicted molar refractivity (Wildman–Crippen MR) is 109 cm³/mol. The van der Waals surface area contributed by atoms with Crippen molar-refractivity contribution < 1.29 is 27.1 Å². The Morgan fingerprint density at radius 1 is 1.00 bits per heavy atom. The molecule has 164 valence electrons. The van der Waals surface area contributed by atoms with Gasteiger partial charge in [0.1, 0.15) is 5.82 Å². The molecule has 4 rings (SSSR count). The Balaban J connectivity index is 1.36. The zero-order valence-corrected chi connectivity index (χ0v) is 17.4. The third kappa shape index (κ3) is 4.76. The van der Waals surface area contributed by atoms with Crippen LogP contribution in [0.15, 0.2) is 59.5 Å². The molecule has 0 radical (unpaired) electrons. The zero-order chi connectivity index (χ0) is 22.0. The molecule has 0 unspecified atom stereocenters. The molecule has 1 N–H and O–H groups in total. The Kier molecular flexibility index (Phi) is 6.03. The van der Waals surface area contributed by atoms with Gasteiger partial charge in [0.15, 0.2) is 0 Å². The van der Waals surface area contributed by atoms with Crippen molar-refractivity contribution >= 4 is 21.8 Å². The fourth-order valence-corrected chi connectivity index (χ4v) is 5.33. The normalized spacial score (nSPS) is 21.5. The Hall–Kier alpha value is -2.82. The lowest BCUT2D eigenvalue weighted by Gasteiger charge is -2.45. The lowest BCUT2D eigenvalue weighted by atomic mass is 10.1. The van der Waals surface area contributed by atoms with Gasteiger partial charge in [-0.15, -0.1) is 0 Å². The van der Waals surface area contributed by atoms with Crippen LogP contribution in [0.2, 0.25) is 0 Å². The number of nitrogens with one attached hydrogen (secondary N) is 1. The Morgan fingerprint density at radius 2 is 1.68 bits per heavy atom. The fourth-order valence-electron chi connectivity index (χ4n) is 3.79. The first-order chi connectivity index (χ1) is 14.8. The van der Waals surface area contributed by atoms with Gasteiger partial charge in [-0.2, -0.15) is 4.31 Å². The molecule has 2 atom stereocenters. The van der Waals surface area contributed by atoms with Crippen LogP contribution in [0.1, 0.15) is 10.4 Å². The number of hydrogen-bond acceptors (Lipinski definition) is 5. The van der Waals surface area contributed by atoms with E-state index in [0.717, 1.165) is 6.07 Å². The first kappa shape index (κ1) is 21.4. The molecule has 2 saturated heterocycles. The molecule has 0 aliphatic carbocycles. The van der Waals surface area contributed by atoms with Gasteiger partial charge < -0.3 is 15.0 Å². The van der Waals surface area contributed by atoms with E-state index in [1.807, 2.05) is 0 Å². The average Bonchev–Trinajstić information content (AvgIpc) is 2.77. The quantitative estimate of drug-likeness (QED) is 0.734. The minimum absolute atomic E-state index is 0.0650. The van der Waals surface area contributed by atoms with Crippen molar-refractivity contribution in [1.82, 2.24) is 14.5 Å². The van der Waals surface area contributed by atoms with Crippen LogP contribution in [0.3, 0.4) is 0 Å². The van der Waals surface area contributed by atoms with Crippen LogP contribution in [0.4, 0.5) is 4.39 Å². The summed E-state index contributed by atoms with van der Waals surface area (Å²) in [6.45, 7) is 0.404. The molecular formula is C21H22FN3O5S. The van der Waals surface area contributed by atoms with E-state index < -0.39 is 28.0 Å². The number of sulfonamides is 1. The second-order valence-electron chi connectivity index (χ2n) is 7.51. The van der Waals surface area contributed by atoms with Crippen LogP contribution < -0.4 is 5.32 Å². The summed E-state index contributed by atoms with van der Waals surface area (Å²) in [4.78, 5) is 26.2. The van der Waals surface area contributed by atoms with Crippen LogP contribution in [0, 0.1) is 5.82 Å². The molecule has 2 aromatic carbocycles. The SMILES string of the molecule is O=C(NCC(=O)N1C[C@@H]2CN(S(=O)(=O)c3cccc(F)c3)C[C@H](C1)O2)c1ccccc1. The largest absolute Gasteiger partial charge is 0.369 e. The van der Waals surface area contributed by atoms with Gasteiger partial charge in [0.05, 0.1) is 23.6 Å². The highest BCUT2D eigenvalue weighted by Gasteiger charge is 2.41. The summed E-state index contributed by atoms with van der Waals surface area (Å²) in [5, 5.41) is 2.61. The van der Waals surface area contributed by atoms with Crippen LogP contribution in [0.5, 0.6) is 0 Å². The highest BCUT2D eigenvalue weighted by atomic mass is 32.2. The number of carbonyl (C=O) groups is 2. The molecule has 0 aromatic heterocycles. The molecule has 2 heterocycles. The number of carbonyl (C=O) groups excluding carboxylic acids is 2. The Bertz CT molecular complexity index is 1070.